The van der Waals surface area contributed by atoms with Crippen LogP contribution in [0.2, 0.25) is 0 Å². The Kier molecular flexibility index (Phi) is 37.0. The van der Waals surface area contributed by atoms with Gasteiger partial charge in [0.05, 0.1) is 0 Å². The summed E-state index contributed by atoms with van der Waals surface area (Å²) < 4.78 is 1.37. The second-order valence-corrected chi connectivity index (χ2v) is 5.68. The van der Waals surface area contributed by atoms with Crippen LogP contribution in [0.4, 0.5) is 0 Å². The minimum atomic E-state index is 0. The van der Waals surface area contributed by atoms with Gasteiger partial charge in [-0.1, -0.05) is 13.0 Å². The molecular weight excluding hydrogens is 481 g/mol. The molecule has 0 spiro atoms. The molecule has 0 atom stereocenters. The first-order valence-electron chi connectivity index (χ1n) is 5.16. The smallest absolute Gasteiger partial charge is 0.412 e. The van der Waals surface area contributed by atoms with Gasteiger partial charge >= 0.3 is 35.6 Å². The van der Waals surface area contributed by atoms with E-state index in [0.717, 1.165) is 19.6 Å². The summed E-state index contributed by atoms with van der Waals surface area (Å²) in [5, 5.41) is 8.26. The van der Waals surface area contributed by atoms with Crippen LogP contribution in [0, 0.1) is 35.6 Å². The van der Waals surface area contributed by atoms with Crippen LogP contribution in [-0.2, 0) is 37.9 Å². The fourth-order valence-electron chi connectivity index (χ4n) is 0.433. The molecule has 0 aromatic rings. The van der Waals surface area contributed by atoms with Crippen molar-refractivity contribution < 1.29 is 35.6 Å². The van der Waals surface area contributed by atoms with Crippen LogP contribution in [-0.4, -0.2) is 32.6 Å². The number of hydrogen-bond donors (Lipinski definition) is 3. The second kappa shape index (κ2) is 24.5. The Balaban J connectivity index is -0.0000000865. The van der Waals surface area contributed by atoms with E-state index in [9.17, 15) is 0 Å². The molecule has 3 nitrogen and oxygen atoms in total. The largest absolute Gasteiger partial charge is 3.00 e. The summed E-state index contributed by atoms with van der Waals surface area (Å²) in [6.45, 7) is 8.38. The van der Waals surface area contributed by atoms with Gasteiger partial charge in [0.25, 0.3) is 0 Å². The minimum Gasteiger partial charge on any atom is -0.412 e. The SMILES string of the molecule is CCNC(=S)[S-].CCNC(=S)[S-].CCNC(=S)[S-].[La+3]. The molecule has 0 unspecified atom stereocenters. The Morgan fingerprint density at radius 2 is 0.842 bits per heavy atom. The van der Waals surface area contributed by atoms with E-state index in [1.54, 1.807) is 0 Å². The van der Waals surface area contributed by atoms with Gasteiger partial charge in [-0.3, -0.25) is 0 Å². The molecule has 3 N–H and O–H groups in total. The van der Waals surface area contributed by atoms with Gasteiger partial charge in [-0.15, -0.1) is 0 Å². The first-order chi connectivity index (χ1) is 8.31. The maximum atomic E-state index is 4.50. The molecule has 0 aromatic heterocycles. The summed E-state index contributed by atoms with van der Waals surface area (Å²) in [7, 11) is 0. The van der Waals surface area contributed by atoms with E-state index < -0.39 is 0 Å². The minimum absolute atomic E-state index is 0. The molecule has 0 aliphatic heterocycles. The molecule has 0 aliphatic rings. The van der Waals surface area contributed by atoms with Crippen LogP contribution >= 0.6 is 36.7 Å². The first-order valence-corrected chi connectivity index (χ1v) is 7.61. The Hall–Kier alpha value is 1.52. The van der Waals surface area contributed by atoms with Gasteiger partial charge in [-0.25, -0.2) is 0 Å². The summed E-state index contributed by atoms with van der Waals surface area (Å²) in [5.74, 6) is 0. The predicted molar refractivity (Wildman–Crippen MR) is 101 cm³/mol. The third kappa shape index (κ3) is 54.1. The average Bonchev–Trinajstić information content (AvgIpc) is 2.18. The van der Waals surface area contributed by atoms with Crippen LogP contribution < -0.4 is 16.0 Å². The molecule has 0 fully saturated rings. The molecule has 0 amide bonds. The van der Waals surface area contributed by atoms with Gasteiger partial charge in [0.2, 0.25) is 0 Å². The second-order valence-electron chi connectivity index (χ2n) is 2.45. The van der Waals surface area contributed by atoms with Gasteiger partial charge in [-0.05, 0) is 20.8 Å². The average molecular weight is 500 g/mol. The first kappa shape index (κ1) is 28.7. The fraction of sp³-hybridized carbons (Fsp3) is 0.667. The van der Waals surface area contributed by atoms with Crippen LogP contribution in [0.3, 0.4) is 0 Å². The van der Waals surface area contributed by atoms with Crippen LogP contribution in [0.15, 0.2) is 0 Å². The summed E-state index contributed by atoms with van der Waals surface area (Å²) >= 11 is 27.0. The molecule has 108 valence electrons. The quantitative estimate of drug-likeness (QED) is 0.393. The van der Waals surface area contributed by atoms with Crippen molar-refractivity contribution in [2.45, 2.75) is 20.8 Å². The Labute approximate surface area is 177 Å². The summed E-state index contributed by atoms with van der Waals surface area (Å²) in [4.78, 5) is 0. The zero-order chi connectivity index (χ0) is 15.0. The Bertz CT molecular complexity index is 202. The molecule has 0 aliphatic carbocycles. The van der Waals surface area contributed by atoms with E-state index in [-0.39, 0.29) is 35.6 Å². The van der Waals surface area contributed by atoms with Crippen molar-refractivity contribution in [1.29, 1.82) is 0 Å². The Morgan fingerprint density at radius 3 is 0.842 bits per heavy atom. The zero-order valence-corrected chi connectivity index (χ0v) is 19.7. The summed E-state index contributed by atoms with van der Waals surface area (Å²) in [6.07, 6.45) is 0. The van der Waals surface area contributed by atoms with Gasteiger partial charge in [0.15, 0.2) is 0 Å². The van der Waals surface area contributed by atoms with Crippen molar-refractivity contribution in [2.75, 3.05) is 19.6 Å². The molecule has 0 saturated heterocycles. The number of nitrogens with one attached hydrogen (secondary N) is 3. The van der Waals surface area contributed by atoms with E-state index >= 15 is 0 Å². The molecule has 0 bridgehead atoms. The van der Waals surface area contributed by atoms with E-state index in [1.165, 1.54) is 0 Å². The molecule has 0 saturated carbocycles. The molecule has 10 heteroatoms. The fourth-order valence-corrected chi connectivity index (χ4v) is 1.30. The van der Waals surface area contributed by atoms with Gasteiger partial charge in [0.1, 0.15) is 0 Å². The maximum Gasteiger partial charge on any atom is 3.00 e. The van der Waals surface area contributed by atoms with E-state index in [4.69, 9.17) is 0 Å². The van der Waals surface area contributed by atoms with E-state index in [1.807, 2.05) is 20.8 Å². The predicted octanol–water partition coefficient (Wildman–Crippen LogP) is 1.28. The van der Waals surface area contributed by atoms with E-state index in [2.05, 4.69) is 90.5 Å². The topological polar surface area (TPSA) is 36.1 Å². The van der Waals surface area contributed by atoms with Crippen molar-refractivity contribution >= 4 is 87.5 Å². The molecule has 0 radical (unpaired) electrons. The van der Waals surface area contributed by atoms with Gasteiger partial charge in [-0.2, -0.15) is 0 Å². The van der Waals surface area contributed by atoms with Gasteiger partial charge in [0, 0.05) is 19.6 Å². The monoisotopic (exact) mass is 499 g/mol. The van der Waals surface area contributed by atoms with Crippen LogP contribution in [0.5, 0.6) is 0 Å². The summed E-state index contributed by atoms with van der Waals surface area (Å²) in [5.41, 5.74) is 0. The van der Waals surface area contributed by atoms with Gasteiger partial charge < -0.3 is 90.5 Å². The third-order valence-corrected chi connectivity index (χ3v) is 1.83. The van der Waals surface area contributed by atoms with Crippen molar-refractivity contribution in [3.8, 4) is 0 Å². The standard InChI is InChI=1S/3C3H7NS2.La/c3*1-2-4-3(5)6;/h3*2H2,1H3,(H2,4,5,6);/q;;;+3/p-3. The zero-order valence-electron chi connectivity index (χ0n) is 11.1. The normalized spacial score (nSPS) is 7.11. The number of hydrogen-bond acceptors (Lipinski definition) is 6. The van der Waals surface area contributed by atoms with E-state index in [0.29, 0.717) is 13.0 Å². The molecule has 0 aromatic carbocycles. The third-order valence-electron chi connectivity index (χ3n) is 0.963. The van der Waals surface area contributed by atoms with Crippen molar-refractivity contribution in [3.63, 3.8) is 0 Å². The summed E-state index contributed by atoms with van der Waals surface area (Å²) in [6, 6.07) is 0. The molecule has 0 rings (SSSR count). The van der Waals surface area contributed by atoms with Crippen LogP contribution in [0.1, 0.15) is 20.8 Å². The number of thiocarbonyl (C=S) groups is 3. The Morgan fingerprint density at radius 1 is 0.684 bits per heavy atom. The van der Waals surface area contributed by atoms with Crippen molar-refractivity contribution in [1.82, 2.24) is 16.0 Å². The number of rotatable bonds is 3. The molecule has 0 heterocycles. The molecule has 19 heavy (non-hydrogen) atoms. The van der Waals surface area contributed by atoms with Crippen LogP contribution in [0.25, 0.3) is 0 Å². The molecular formula is C9H18LaN3S6. The van der Waals surface area contributed by atoms with Crippen molar-refractivity contribution in [2.24, 2.45) is 0 Å². The van der Waals surface area contributed by atoms with Crippen molar-refractivity contribution in [3.05, 3.63) is 0 Å². The maximum absolute atomic E-state index is 4.50.